The van der Waals surface area contributed by atoms with Crippen LogP contribution in [0.3, 0.4) is 0 Å². The van der Waals surface area contributed by atoms with Crippen LogP contribution >= 0.6 is 0 Å². The van der Waals surface area contributed by atoms with Crippen LogP contribution in [0.4, 0.5) is 15.8 Å². The maximum atomic E-state index is 14.1. The molecule has 0 aliphatic carbocycles. The number of ether oxygens (including phenoxy) is 1. The SMILES string of the molecule is CCCOc1ccc(N2C(=O)[C@@H]3[C@H](ON(c4ccccc4)[C@H]3c3cccc(F)c3)C2=O)cc1. The summed E-state index contributed by atoms with van der Waals surface area (Å²) in [4.78, 5) is 34.1. The maximum Gasteiger partial charge on any atom is 0.266 e. The summed E-state index contributed by atoms with van der Waals surface area (Å²) in [5, 5.41) is 1.55. The van der Waals surface area contributed by atoms with E-state index in [1.807, 2.05) is 37.3 Å². The maximum absolute atomic E-state index is 14.1. The van der Waals surface area contributed by atoms with Gasteiger partial charge in [-0.3, -0.25) is 14.4 Å². The average molecular weight is 446 g/mol. The summed E-state index contributed by atoms with van der Waals surface area (Å²) >= 11 is 0. The van der Waals surface area contributed by atoms with E-state index in [4.69, 9.17) is 9.57 Å². The minimum Gasteiger partial charge on any atom is -0.494 e. The number of para-hydroxylation sites is 1. The van der Waals surface area contributed by atoms with Gasteiger partial charge in [-0.1, -0.05) is 37.3 Å². The monoisotopic (exact) mass is 446 g/mol. The second kappa shape index (κ2) is 8.67. The quantitative estimate of drug-likeness (QED) is 0.515. The zero-order valence-electron chi connectivity index (χ0n) is 18.1. The number of halogens is 1. The van der Waals surface area contributed by atoms with Crippen molar-refractivity contribution in [2.45, 2.75) is 25.5 Å². The van der Waals surface area contributed by atoms with E-state index in [0.717, 1.165) is 11.3 Å². The van der Waals surface area contributed by atoms with E-state index in [9.17, 15) is 14.0 Å². The Bertz CT molecular complexity index is 1170. The van der Waals surface area contributed by atoms with Crippen LogP contribution in [0, 0.1) is 11.7 Å². The second-order valence-electron chi connectivity index (χ2n) is 8.07. The van der Waals surface area contributed by atoms with Crippen molar-refractivity contribution >= 4 is 23.2 Å². The molecule has 0 aromatic heterocycles. The first-order valence-electron chi connectivity index (χ1n) is 11.0. The summed E-state index contributed by atoms with van der Waals surface area (Å²) in [7, 11) is 0. The number of carbonyl (C=O) groups excluding carboxylic acids is 2. The van der Waals surface area contributed by atoms with E-state index in [-0.39, 0.29) is 5.91 Å². The molecule has 0 bridgehead atoms. The Balaban J connectivity index is 1.50. The predicted molar refractivity (Wildman–Crippen MR) is 121 cm³/mol. The Morgan fingerprint density at radius 1 is 0.909 bits per heavy atom. The molecule has 2 fully saturated rings. The van der Waals surface area contributed by atoms with E-state index >= 15 is 0 Å². The van der Waals surface area contributed by atoms with Gasteiger partial charge in [0.1, 0.15) is 17.5 Å². The van der Waals surface area contributed by atoms with Crippen LogP contribution in [-0.2, 0) is 14.4 Å². The second-order valence-corrected chi connectivity index (χ2v) is 8.07. The van der Waals surface area contributed by atoms with E-state index < -0.39 is 29.8 Å². The Hall–Kier alpha value is -3.71. The predicted octanol–water partition coefficient (Wildman–Crippen LogP) is 4.67. The van der Waals surface area contributed by atoms with Crippen molar-refractivity contribution in [2.75, 3.05) is 16.6 Å². The lowest BCUT2D eigenvalue weighted by Crippen LogP contribution is -2.37. The molecule has 2 aliphatic heterocycles. The fourth-order valence-corrected chi connectivity index (χ4v) is 4.41. The number of nitrogens with zero attached hydrogens (tertiary/aromatic N) is 2. The van der Waals surface area contributed by atoms with Crippen molar-refractivity contribution in [3.8, 4) is 5.75 Å². The highest BCUT2D eigenvalue weighted by Gasteiger charge is 2.60. The minimum atomic E-state index is -0.998. The Labute approximate surface area is 191 Å². The van der Waals surface area contributed by atoms with Crippen LogP contribution in [0.25, 0.3) is 0 Å². The number of imide groups is 1. The van der Waals surface area contributed by atoms with Gasteiger partial charge >= 0.3 is 0 Å². The fraction of sp³-hybridized carbons (Fsp3) is 0.231. The summed E-state index contributed by atoms with van der Waals surface area (Å²) in [5.74, 6) is -1.37. The molecule has 5 rings (SSSR count). The lowest BCUT2D eigenvalue weighted by atomic mass is 9.90. The number of carbonyl (C=O) groups is 2. The summed E-state index contributed by atoms with van der Waals surface area (Å²) in [6.07, 6.45) is -0.118. The first kappa shape index (κ1) is 21.2. The fourth-order valence-electron chi connectivity index (χ4n) is 4.41. The van der Waals surface area contributed by atoms with Gasteiger partial charge in [-0.15, -0.1) is 0 Å². The zero-order chi connectivity index (χ0) is 22.9. The van der Waals surface area contributed by atoms with Gasteiger partial charge in [-0.05, 0) is 60.5 Å². The van der Waals surface area contributed by atoms with Crippen molar-refractivity contribution in [3.63, 3.8) is 0 Å². The Kier molecular flexibility index (Phi) is 5.56. The topological polar surface area (TPSA) is 59.1 Å². The van der Waals surface area contributed by atoms with Crippen LogP contribution in [0.5, 0.6) is 5.75 Å². The summed E-state index contributed by atoms with van der Waals surface area (Å²) in [6.45, 7) is 2.60. The van der Waals surface area contributed by atoms with Crippen molar-refractivity contribution < 1.29 is 23.6 Å². The Morgan fingerprint density at radius 2 is 1.67 bits per heavy atom. The van der Waals surface area contributed by atoms with Crippen molar-refractivity contribution in [2.24, 2.45) is 5.92 Å². The molecule has 0 spiro atoms. The van der Waals surface area contributed by atoms with Crippen LogP contribution in [0.15, 0.2) is 78.9 Å². The highest BCUT2D eigenvalue weighted by molar-refractivity contribution is 6.23. The molecule has 2 aliphatic rings. The van der Waals surface area contributed by atoms with Gasteiger partial charge in [0.15, 0.2) is 6.10 Å². The number of hydrogen-bond acceptors (Lipinski definition) is 5. The third kappa shape index (κ3) is 3.74. The lowest BCUT2D eigenvalue weighted by molar-refractivity contribution is -0.126. The molecule has 2 saturated heterocycles. The van der Waals surface area contributed by atoms with Crippen LogP contribution in [-0.4, -0.2) is 24.5 Å². The van der Waals surface area contributed by atoms with E-state index in [0.29, 0.717) is 29.3 Å². The molecule has 7 heteroatoms. The molecule has 0 saturated carbocycles. The number of anilines is 2. The van der Waals surface area contributed by atoms with Crippen molar-refractivity contribution in [3.05, 3.63) is 90.2 Å². The molecule has 3 aromatic carbocycles. The van der Waals surface area contributed by atoms with Gasteiger partial charge in [0, 0.05) is 0 Å². The number of hydrogen-bond donors (Lipinski definition) is 0. The summed E-state index contributed by atoms with van der Waals surface area (Å²) in [6, 6.07) is 21.5. The normalized spacial score (nSPS) is 22.1. The largest absolute Gasteiger partial charge is 0.494 e. The van der Waals surface area contributed by atoms with E-state index in [1.54, 1.807) is 41.5 Å². The molecular weight excluding hydrogens is 423 g/mol. The van der Waals surface area contributed by atoms with Gasteiger partial charge in [0.2, 0.25) is 5.91 Å². The lowest BCUT2D eigenvalue weighted by Gasteiger charge is -2.28. The number of amides is 2. The molecule has 0 N–H and O–H groups in total. The van der Waals surface area contributed by atoms with Crippen LogP contribution < -0.4 is 14.7 Å². The molecule has 2 amide bonds. The first-order valence-corrected chi connectivity index (χ1v) is 11.0. The number of benzene rings is 3. The third-order valence-corrected chi connectivity index (χ3v) is 5.88. The van der Waals surface area contributed by atoms with Crippen LogP contribution in [0.2, 0.25) is 0 Å². The van der Waals surface area contributed by atoms with Gasteiger partial charge in [0.05, 0.1) is 24.0 Å². The number of fused-ring (bicyclic) bond motifs is 1. The smallest absolute Gasteiger partial charge is 0.266 e. The molecular formula is C26H23FN2O4. The van der Waals surface area contributed by atoms with Crippen LogP contribution in [0.1, 0.15) is 24.9 Å². The molecule has 33 heavy (non-hydrogen) atoms. The van der Waals surface area contributed by atoms with Gasteiger partial charge < -0.3 is 4.74 Å². The highest BCUT2D eigenvalue weighted by atomic mass is 19.1. The summed E-state index contributed by atoms with van der Waals surface area (Å²) in [5.41, 5.74) is 1.71. The third-order valence-electron chi connectivity index (χ3n) is 5.88. The molecule has 3 atom stereocenters. The van der Waals surface area contributed by atoms with Gasteiger partial charge in [0.25, 0.3) is 5.91 Å². The average Bonchev–Trinajstić information content (AvgIpc) is 3.35. The zero-order valence-corrected chi connectivity index (χ0v) is 18.1. The molecule has 0 unspecified atom stereocenters. The highest BCUT2D eigenvalue weighted by Crippen LogP contribution is 2.47. The molecule has 6 nitrogen and oxygen atoms in total. The van der Waals surface area contributed by atoms with Gasteiger partial charge in [-0.2, -0.15) is 0 Å². The molecule has 3 aromatic rings. The van der Waals surface area contributed by atoms with Crippen molar-refractivity contribution in [1.82, 2.24) is 0 Å². The molecule has 2 heterocycles. The Morgan fingerprint density at radius 3 is 2.36 bits per heavy atom. The number of hydroxylamine groups is 1. The minimum absolute atomic E-state index is 0.375. The summed E-state index contributed by atoms with van der Waals surface area (Å²) < 4.78 is 19.7. The van der Waals surface area contributed by atoms with Crippen molar-refractivity contribution in [1.29, 1.82) is 0 Å². The molecule has 168 valence electrons. The standard InChI is InChI=1S/C26H23FN2O4/c1-2-15-32-21-13-11-19(12-14-21)28-25(30)22-23(17-7-6-8-18(27)16-17)29(33-24(22)26(28)31)20-9-4-3-5-10-20/h3-14,16,22-24H,2,15H2,1H3/t22-,23-,24-/m0/s1. The van der Waals surface area contributed by atoms with E-state index in [2.05, 4.69) is 0 Å². The number of rotatable bonds is 6. The van der Waals surface area contributed by atoms with E-state index in [1.165, 1.54) is 12.1 Å². The first-order chi connectivity index (χ1) is 16.1. The molecule has 0 radical (unpaired) electrons. The van der Waals surface area contributed by atoms with Gasteiger partial charge in [-0.25, -0.2) is 14.4 Å².